The lowest BCUT2D eigenvalue weighted by atomic mass is 10.1. The van der Waals surface area contributed by atoms with E-state index in [9.17, 15) is 0 Å². The first-order valence-corrected chi connectivity index (χ1v) is 11.9. The topological polar surface area (TPSA) is 93.0 Å². The quantitative estimate of drug-likeness (QED) is 0.374. The van der Waals surface area contributed by atoms with E-state index in [0.29, 0.717) is 5.82 Å². The van der Waals surface area contributed by atoms with E-state index in [0.717, 1.165) is 69.6 Å². The Balaban J connectivity index is 0.00000241. The number of aryl methyl sites for hydroxylation is 1. The minimum atomic E-state index is 0. The van der Waals surface area contributed by atoms with Gasteiger partial charge in [0.15, 0.2) is 5.82 Å². The molecule has 9 heteroatoms. The zero-order valence-electron chi connectivity index (χ0n) is 18.2. The summed E-state index contributed by atoms with van der Waals surface area (Å²) < 4.78 is 8.20. The zero-order chi connectivity index (χ0) is 22.2. The number of fused-ring (bicyclic) bond motifs is 1. The normalized spacial score (nSPS) is 14.3. The van der Waals surface area contributed by atoms with Crippen molar-refractivity contribution in [1.29, 1.82) is 0 Å². The molecule has 5 heterocycles. The molecule has 0 radical (unpaired) electrons. The summed E-state index contributed by atoms with van der Waals surface area (Å²) in [6, 6.07) is 14.2. The van der Waals surface area contributed by atoms with Crippen molar-refractivity contribution in [2.75, 3.05) is 13.1 Å². The first-order chi connectivity index (χ1) is 16.3. The fourth-order valence-electron chi connectivity index (χ4n) is 4.28. The highest BCUT2D eigenvalue weighted by molar-refractivity contribution is 7.19. The summed E-state index contributed by atoms with van der Waals surface area (Å²) in [7, 11) is 0. The maximum absolute atomic E-state index is 6.30. The molecule has 1 fully saturated rings. The van der Waals surface area contributed by atoms with Crippen molar-refractivity contribution in [3.8, 4) is 38.3 Å². The van der Waals surface area contributed by atoms with Crippen LogP contribution in [0.25, 0.3) is 38.0 Å². The van der Waals surface area contributed by atoms with Crippen LogP contribution in [0.15, 0.2) is 55.0 Å². The fourth-order valence-corrected chi connectivity index (χ4v) is 5.42. The van der Waals surface area contributed by atoms with Crippen LogP contribution in [-0.2, 0) is 0 Å². The summed E-state index contributed by atoms with van der Waals surface area (Å²) in [6.45, 7) is 4.01. The summed E-state index contributed by atoms with van der Waals surface area (Å²) >= 11 is 1.59. The van der Waals surface area contributed by atoms with Crippen LogP contribution in [0.5, 0.6) is 5.75 Å². The lowest BCUT2D eigenvalue weighted by molar-refractivity contribution is 0.162. The number of nitrogens with zero attached hydrogens (tertiary/aromatic N) is 5. The molecule has 0 spiro atoms. The van der Waals surface area contributed by atoms with Crippen molar-refractivity contribution in [3.63, 3.8) is 0 Å². The molecule has 6 rings (SSSR count). The van der Waals surface area contributed by atoms with Crippen molar-refractivity contribution in [2.24, 2.45) is 0 Å². The van der Waals surface area contributed by atoms with Crippen LogP contribution in [0, 0.1) is 6.92 Å². The van der Waals surface area contributed by atoms with Gasteiger partial charge in [-0.3, -0.25) is 5.10 Å². The second-order valence-corrected chi connectivity index (χ2v) is 9.12. The van der Waals surface area contributed by atoms with E-state index in [1.165, 1.54) is 6.33 Å². The fraction of sp³-hybridized carbons (Fsp3) is 0.280. The van der Waals surface area contributed by atoms with E-state index in [4.69, 9.17) is 14.8 Å². The molecule has 2 N–H and O–H groups in total. The molecule has 4 aromatic heterocycles. The number of rotatable bonds is 5. The maximum Gasteiger partial charge on any atom is 0.167 e. The summed E-state index contributed by atoms with van der Waals surface area (Å²) in [6.07, 6.45) is 5.76. The van der Waals surface area contributed by atoms with Gasteiger partial charge in [-0.1, -0.05) is 37.8 Å². The first kappa shape index (κ1) is 22.2. The molecule has 34 heavy (non-hydrogen) atoms. The number of H-pyrrole nitrogens is 1. The van der Waals surface area contributed by atoms with Crippen LogP contribution >= 0.6 is 11.3 Å². The number of benzene rings is 1. The van der Waals surface area contributed by atoms with E-state index in [1.807, 2.05) is 41.9 Å². The number of piperidine rings is 1. The van der Waals surface area contributed by atoms with Crippen LogP contribution < -0.4 is 10.1 Å². The van der Waals surface area contributed by atoms with E-state index in [2.05, 4.69) is 38.7 Å². The lowest BCUT2D eigenvalue weighted by Crippen LogP contribution is -2.34. The van der Waals surface area contributed by atoms with Gasteiger partial charge in [0.25, 0.3) is 0 Å². The third-order valence-corrected chi connectivity index (χ3v) is 6.97. The number of aromatic nitrogens is 6. The zero-order valence-corrected chi connectivity index (χ0v) is 19.0. The number of hydrogen-bond acceptors (Lipinski definition) is 7. The highest BCUT2D eigenvalue weighted by Gasteiger charge is 2.22. The molecule has 5 aromatic rings. The van der Waals surface area contributed by atoms with Gasteiger partial charge in [-0.2, -0.15) is 10.2 Å². The van der Waals surface area contributed by atoms with E-state index < -0.39 is 0 Å². The smallest absolute Gasteiger partial charge is 0.167 e. The first-order valence-electron chi connectivity index (χ1n) is 11.0. The van der Waals surface area contributed by atoms with E-state index in [-0.39, 0.29) is 13.5 Å². The Morgan fingerprint density at radius 2 is 1.94 bits per heavy atom. The van der Waals surface area contributed by atoms with Gasteiger partial charge in [0.2, 0.25) is 0 Å². The number of pyridine rings is 1. The molecule has 1 saturated heterocycles. The van der Waals surface area contributed by atoms with Crippen LogP contribution in [0.2, 0.25) is 0 Å². The van der Waals surface area contributed by atoms with Gasteiger partial charge in [-0.05, 0) is 38.9 Å². The molecule has 174 valence electrons. The summed E-state index contributed by atoms with van der Waals surface area (Å²) in [4.78, 5) is 10.4. The molecular formula is C25H27N7OS. The summed E-state index contributed by atoms with van der Waals surface area (Å²) in [5.74, 6) is 1.58. The van der Waals surface area contributed by atoms with Crippen molar-refractivity contribution in [1.82, 2.24) is 35.1 Å². The predicted octanol–water partition coefficient (Wildman–Crippen LogP) is 4.99. The lowest BCUT2D eigenvalue weighted by Gasteiger charge is -2.23. The Kier molecular flexibility index (Phi) is 6.12. The number of thiazole rings is 1. The molecule has 1 aliphatic rings. The van der Waals surface area contributed by atoms with Crippen LogP contribution in [0.3, 0.4) is 0 Å². The minimum Gasteiger partial charge on any atom is -0.490 e. The van der Waals surface area contributed by atoms with Crippen LogP contribution in [0.4, 0.5) is 0 Å². The van der Waals surface area contributed by atoms with Crippen LogP contribution in [0.1, 0.15) is 26.0 Å². The monoisotopic (exact) mass is 473 g/mol. The number of hydrogen-bond donors (Lipinski definition) is 2. The largest absolute Gasteiger partial charge is 0.490 e. The molecular weight excluding hydrogens is 446 g/mol. The standard InChI is InChI=1S/C24H23N7OS.CH4/c1-15-20(19-13-18(9-12-31(19)30-15)32-17-7-10-25-11-8-17)24-28-21(16-5-3-2-4-6-16)22(33-24)23-26-14-27-29-23;/h2-6,9,12-14,17,25H,7-8,10-11H2,1H3,(H,26,27,29);1H4. The summed E-state index contributed by atoms with van der Waals surface area (Å²) in [5.41, 5.74) is 4.84. The maximum atomic E-state index is 6.30. The Hall–Kier alpha value is -3.56. The number of ether oxygens (including phenoxy) is 1. The average molecular weight is 474 g/mol. The van der Waals surface area contributed by atoms with Gasteiger partial charge in [-0.15, -0.1) is 11.3 Å². The summed E-state index contributed by atoms with van der Waals surface area (Å²) in [5, 5.41) is 16.0. The van der Waals surface area contributed by atoms with Crippen LogP contribution in [-0.4, -0.2) is 49.0 Å². The molecule has 0 atom stereocenters. The van der Waals surface area contributed by atoms with Crippen molar-refractivity contribution < 1.29 is 4.74 Å². The molecule has 1 aromatic carbocycles. The molecule has 0 bridgehead atoms. The average Bonchev–Trinajstić information content (AvgIpc) is 3.58. The van der Waals surface area contributed by atoms with Gasteiger partial charge in [0, 0.05) is 17.8 Å². The molecule has 0 amide bonds. The number of nitrogens with one attached hydrogen (secondary N) is 2. The second-order valence-electron chi connectivity index (χ2n) is 8.12. The van der Waals surface area contributed by atoms with Gasteiger partial charge in [-0.25, -0.2) is 14.5 Å². The Labute approximate surface area is 202 Å². The Morgan fingerprint density at radius 3 is 2.71 bits per heavy atom. The second kappa shape index (κ2) is 9.36. The third-order valence-electron chi connectivity index (χ3n) is 5.89. The van der Waals surface area contributed by atoms with Gasteiger partial charge in [0.1, 0.15) is 23.2 Å². The molecule has 0 saturated carbocycles. The number of aromatic amines is 1. The van der Waals surface area contributed by atoms with Crippen molar-refractivity contribution in [3.05, 3.63) is 60.7 Å². The molecule has 1 aliphatic heterocycles. The predicted molar refractivity (Wildman–Crippen MR) is 135 cm³/mol. The van der Waals surface area contributed by atoms with Crippen molar-refractivity contribution in [2.45, 2.75) is 33.3 Å². The van der Waals surface area contributed by atoms with E-state index in [1.54, 1.807) is 11.3 Å². The van der Waals surface area contributed by atoms with Crippen molar-refractivity contribution >= 4 is 16.9 Å². The molecule has 8 nitrogen and oxygen atoms in total. The van der Waals surface area contributed by atoms with Gasteiger partial charge < -0.3 is 10.1 Å². The SMILES string of the molecule is C.Cc1nn2ccc(OC3CCNCC3)cc2c1-c1nc(-c2ccccc2)c(-c2ncn[nH]2)s1. The molecule has 0 aliphatic carbocycles. The minimum absolute atomic E-state index is 0. The third kappa shape index (κ3) is 4.08. The van der Waals surface area contributed by atoms with E-state index >= 15 is 0 Å². The molecule has 0 unspecified atom stereocenters. The highest BCUT2D eigenvalue weighted by Crippen LogP contribution is 2.41. The van der Waals surface area contributed by atoms with Gasteiger partial charge in [0.05, 0.1) is 27.3 Å². The van der Waals surface area contributed by atoms with Gasteiger partial charge >= 0.3 is 0 Å². The Bertz CT molecular complexity index is 1390. The highest BCUT2D eigenvalue weighted by atomic mass is 32.1. The Morgan fingerprint density at radius 1 is 1.12 bits per heavy atom.